The van der Waals surface area contributed by atoms with Crippen LogP contribution in [-0.2, 0) is 12.1 Å². The number of Topliss-reactive ketones (excluding diaryl/α,β-unsaturated/α-hetero) is 2. The molecule has 2 aliphatic rings. The highest BCUT2D eigenvalue weighted by atomic mass is 35.5. The topological polar surface area (TPSA) is 40.6 Å². The summed E-state index contributed by atoms with van der Waals surface area (Å²) < 4.78 is 27.1. The van der Waals surface area contributed by atoms with Crippen LogP contribution in [0.1, 0.15) is 43.8 Å². The Morgan fingerprint density at radius 3 is 2.06 bits per heavy atom. The van der Waals surface area contributed by atoms with Crippen molar-refractivity contribution in [1.29, 1.82) is 0 Å². The van der Waals surface area contributed by atoms with Gasteiger partial charge in [0.05, 0.1) is 0 Å². The quantitative estimate of drug-likeness (QED) is 0.460. The first kappa shape index (κ1) is 22.8. The van der Waals surface area contributed by atoms with Gasteiger partial charge in [0.15, 0.2) is 17.1 Å². The second-order valence-corrected chi connectivity index (χ2v) is 9.10. The molecule has 1 aliphatic carbocycles. The number of ketones is 2. The van der Waals surface area contributed by atoms with E-state index in [1.54, 1.807) is 30.3 Å². The summed E-state index contributed by atoms with van der Waals surface area (Å²) in [5, 5.41) is 0.696. The van der Waals surface area contributed by atoms with E-state index >= 15 is 0 Å². The number of carbonyl (C=O) groups is 2. The lowest BCUT2D eigenvalue weighted by Crippen LogP contribution is -2.60. The zero-order chi connectivity index (χ0) is 23.9. The molecule has 7 heteroatoms. The summed E-state index contributed by atoms with van der Waals surface area (Å²) in [7, 11) is 0. The molecule has 1 fully saturated rings. The molecule has 34 heavy (non-hydrogen) atoms. The van der Waals surface area contributed by atoms with Gasteiger partial charge < -0.3 is 0 Å². The van der Waals surface area contributed by atoms with Crippen LogP contribution in [-0.4, -0.2) is 47.5 Å². The van der Waals surface area contributed by atoms with Crippen LogP contribution in [0.3, 0.4) is 0 Å². The van der Waals surface area contributed by atoms with Crippen molar-refractivity contribution in [3.63, 3.8) is 0 Å². The standard InChI is InChI=1S/C27H23ClF2N2O2/c28-23-11-4-1-6-19(23)17-31-12-14-32(15-13-31)27(20-8-5-7-18(16-20)26(29)30)24(33)21-9-2-3-10-22(21)25(27)34/h1-11,16,26H,12-15,17H2. The highest BCUT2D eigenvalue weighted by molar-refractivity contribution is 6.33. The van der Waals surface area contributed by atoms with Crippen molar-refractivity contribution in [2.45, 2.75) is 18.5 Å². The summed E-state index contributed by atoms with van der Waals surface area (Å²) in [4.78, 5) is 31.8. The number of halogens is 3. The first-order valence-electron chi connectivity index (χ1n) is 11.2. The molecule has 0 aromatic heterocycles. The van der Waals surface area contributed by atoms with Crippen LogP contribution in [0.2, 0.25) is 5.02 Å². The molecule has 174 valence electrons. The lowest BCUT2D eigenvalue weighted by Gasteiger charge is -2.44. The second-order valence-electron chi connectivity index (χ2n) is 8.70. The number of rotatable bonds is 5. The number of hydrogen-bond acceptors (Lipinski definition) is 4. The fourth-order valence-electron chi connectivity index (χ4n) is 5.11. The largest absolute Gasteiger partial charge is 0.296 e. The van der Waals surface area contributed by atoms with Crippen LogP contribution in [0.15, 0.2) is 72.8 Å². The van der Waals surface area contributed by atoms with E-state index in [0.29, 0.717) is 54.4 Å². The van der Waals surface area contributed by atoms with Crippen LogP contribution >= 0.6 is 11.6 Å². The summed E-state index contributed by atoms with van der Waals surface area (Å²) in [6.45, 7) is 2.75. The van der Waals surface area contributed by atoms with Gasteiger partial charge in [0.2, 0.25) is 0 Å². The molecular weight excluding hydrogens is 458 g/mol. The molecular formula is C27H23ClF2N2O2. The normalized spacial score (nSPS) is 18.5. The van der Waals surface area contributed by atoms with E-state index in [2.05, 4.69) is 4.90 Å². The van der Waals surface area contributed by atoms with Crippen molar-refractivity contribution in [3.8, 4) is 0 Å². The van der Waals surface area contributed by atoms with Crippen molar-refractivity contribution in [1.82, 2.24) is 9.80 Å². The number of piperazine rings is 1. The van der Waals surface area contributed by atoms with Crippen LogP contribution in [0.25, 0.3) is 0 Å². The van der Waals surface area contributed by atoms with Gasteiger partial charge in [-0.05, 0) is 23.3 Å². The first-order valence-corrected chi connectivity index (χ1v) is 11.6. The Kier molecular flexibility index (Phi) is 6.06. The minimum absolute atomic E-state index is 0.203. The molecule has 0 bridgehead atoms. The second kappa shape index (κ2) is 9.02. The van der Waals surface area contributed by atoms with Crippen LogP contribution in [0, 0.1) is 0 Å². The molecule has 0 radical (unpaired) electrons. The lowest BCUT2D eigenvalue weighted by molar-refractivity contribution is 0.0278. The Labute approximate surface area is 201 Å². The van der Waals surface area contributed by atoms with Crippen molar-refractivity contribution < 1.29 is 18.4 Å². The van der Waals surface area contributed by atoms with Crippen molar-refractivity contribution >= 4 is 23.2 Å². The molecule has 0 amide bonds. The molecule has 4 nitrogen and oxygen atoms in total. The summed E-state index contributed by atoms with van der Waals surface area (Å²) in [6, 6.07) is 20.1. The fraction of sp³-hybridized carbons (Fsp3) is 0.259. The minimum atomic E-state index is -2.70. The highest BCUT2D eigenvalue weighted by Gasteiger charge is 2.58. The Bertz CT molecular complexity index is 1220. The average molecular weight is 481 g/mol. The number of benzene rings is 3. The van der Waals surface area contributed by atoms with E-state index in [4.69, 9.17) is 11.6 Å². The van der Waals surface area contributed by atoms with E-state index in [9.17, 15) is 18.4 Å². The van der Waals surface area contributed by atoms with Gasteiger partial charge in [0.25, 0.3) is 6.43 Å². The Morgan fingerprint density at radius 1 is 0.824 bits per heavy atom. The van der Waals surface area contributed by atoms with Crippen LogP contribution < -0.4 is 0 Å². The zero-order valence-electron chi connectivity index (χ0n) is 18.4. The highest BCUT2D eigenvalue weighted by Crippen LogP contribution is 2.43. The summed E-state index contributed by atoms with van der Waals surface area (Å²) in [6.07, 6.45) is -2.70. The van der Waals surface area contributed by atoms with E-state index in [0.717, 1.165) is 5.56 Å². The summed E-state index contributed by atoms with van der Waals surface area (Å²) >= 11 is 6.32. The van der Waals surface area contributed by atoms with Gasteiger partial charge in [0.1, 0.15) is 0 Å². The van der Waals surface area contributed by atoms with Gasteiger partial charge in [-0.25, -0.2) is 8.78 Å². The number of carbonyl (C=O) groups excluding carboxylic acids is 2. The number of alkyl halides is 2. The van der Waals surface area contributed by atoms with Gasteiger partial charge in [-0.15, -0.1) is 0 Å². The van der Waals surface area contributed by atoms with Crippen molar-refractivity contribution in [2.75, 3.05) is 26.2 Å². The molecule has 5 rings (SSSR count). The zero-order valence-corrected chi connectivity index (χ0v) is 19.1. The molecule has 1 aliphatic heterocycles. The van der Waals surface area contributed by atoms with Gasteiger partial charge >= 0.3 is 0 Å². The predicted molar refractivity (Wildman–Crippen MR) is 126 cm³/mol. The monoisotopic (exact) mass is 480 g/mol. The maximum absolute atomic E-state index is 13.8. The molecule has 3 aromatic rings. The van der Waals surface area contributed by atoms with Crippen LogP contribution in [0.5, 0.6) is 0 Å². The van der Waals surface area contributed by atoms with E-state index in [-0.39, 0.29) is 17.1 Å². The molecule has 0 saturated carbocycles. The third-order valence-electron chi connectivity index (χ3n) is 6.83. The van der Waals surface area contributed by atoms with E-state index < -0.39 is 12.0 Å². The number of nitrogens with zero attached hydrogens (tertiary/aromatic N) is 2. The van der Waals surface area contributed by atoms with Crippen LogP contribution in [0.4, 0.5) is 8.78 Å². The van der Waals surface area contributed by atoms with Gasteiger partial charge in [0, 0.05) is 54.4 Å². The minimum Gasteiger partial charge on any atom is -0.296 e. The summed E-state index contributed by atoms with van der Waals surface area (Å²) in [5.74, 6) is -0.696. The Morgan fingerprint density at radius 2 is 1.44 bits per heavy atom. The molecule has 0 spiro atoms. The van der Waals surface area contributed by atoms with Gasteiger partial charge in [-0.3, -0.25) is 19.4 Å². The first-order chi connectivity index (χ1) is 16.4. The van der Waals surface area contributed by atoms with Crippen molar-refractivity contribution in [3.05, 3.63) is 106 Å². The third kappa shape index (κ3) is 3.66. The predicted octanol–water partition coefficient (Wildman–Crippen LogP) is 5.37. The SMILES string of the molecule is O=C1c2ccccc2C(=O)C1(c1cccc(C(F)F)c1)N1CCN(Cc2ccccc2Cl)CC1. The third-order valence-corrected chi connectivity index (χ3v) is 7.20. The number of fused-ring (bicyclic) bond motifs is 1. The van der Waals surface area contributed by atoms with E-state index in [1.807, 2.05) is 29.2 Å². The molecule has 0 atom stereocenters. The fourth-order valence-corrected chi connectivity index (χ4v) is 5.31. The van der Waals surface area contributed by atoms with Crippen molar-refractivity contribution in [2.24, 2.45) is 0 Å². The molecule has 1 saturated heterocycles. The van der Waals surface area contributed by atoms with Gasteiger partial charge in [-0.2, -0.15) is 0 Å². The maximum Gasteiger partial charge on any atom is 0.263 e. The molecule has 3 aromatic carbocycles. The Balaban J connectivity index is 1.50. The summed E-state index contributed by atoms with van der Waals surface area (Å²) in [5.41, 5.74) is 0.159. The van der Waals surface area contributed by atoms with Gasteiger partial charge in [-0.1, -0.05) is 72.3 Å². The molecule has 1 heterocycles. The smallest absolute Gasteiger partial charge is 0.263 e. The van der Waals surface area contributed by atoms with E-state index in [1.165, 1.54) is 18.2 Å². The molecule has 0 N–H and O–H groups in total. The average Bonchev–Trinajstić information content (AvgIpc) is 3.09. The molecule has 0 unspecified atom stereocenters. The lowest BCUT2D eigenvalue weighted by atomic mass is 9.81. The maximum atomic E-state index is 13.8. The Hall–Kier alpha value is -2.93. The number of hydrogen-bond donors (Lipinski definition) is 0.